The van der Waals surface area contributed by atoms with Crippen molar-refractivity contribution in [1.29, 1.82) is 0 Å². The molecular weight excluding hydrogens is 354 g/mol. The molecule has 1 unspecified atom stereocenters. The molecule has 8 heteroatoms. The van der Waals surface area contributed by atoms with E-state index in [9.17, 15) is 0 Å². The zero-order valence-corrected chi connectivity index (χ0v) is 15.6. The number of nitrogens with zero attached hydrogens (tertiary/aromatic N) is 6. The van der Waals surface area contributed by atoms with Crippen LogP contribution in [0.1, 0.15) is 17.4 Å². The molecule has 1 aliphatic heterocycles. The first-order chi connectivity index (χ1) is 13.8. The zero-order valence-electron chi connectivity index (χ0n) is 15.6. The molecule has 1 fully saturated rings. The summed E-state index contributed by atoms with van der Waals surface area (Å²) in [5, 5.41) is 13.0. The maximum Gasteiger partial charge on any atom is 0.259 e. The molecule has 0 saturated carbocycles. The quantitative estimate of drug-likeness (QED) is 0.585. The van der Waals surface area contributed by atoms with Crippen molar-refractivity contribution < 1.29 is 4.52 Å². The van der Waals surface area contributed by atoms with E-state index in [1.54, 1.807) is 6.20 Å². The number of hydrogen-bond donors (Lipinski definition) is 1. The Balaban J connectivity index is 1.41. The highest BCUT2D eigenvalue weighted by Gasteiger charge is 2.25. The number of pyridine rings is 1. The Hall–Kier alpha value is -3.10. The van der Waals surface area contributed by atoms with E-state index in [2.05, 4.69) is 49.6 Å². The lowest BCUT2D eigenvalue weighted by atomic mass is 10.2. The standard InChI is InChI=1S/C20H21N7O/c1-26-8-7-21-12-17(26)18-24-20(28-25-18)16-9-15-11-23-27(19(15)22-10-16)13-14-5-3-2-4-6-14/h2-6,9-11,17,21H,7-8,12-13H2,1H3. The van der Waals surface area contributed by atoms with Gasteiger partial charge in [-0.1, -0.05) is 35.5 Å². The Morgan fingerprint density at radius 2 is 2.11 bits per heavy atom. The summed E-state index contributed by atoms with van der Waals surface area (Å²) in [6.45, 7) is 3.44. The molecule has 0 radical (unpaired) electrons. The van der Waals surface area contributed by atoms with Crippen LogP contribution in [0.15, 0.2) is 53.3 Å². The number of fused-ring (bicyclic) bond motifs is 1. The number of hydrogen-bond acceptors (Lipinski definition) is 7. The van der Waals surface area contributed by atoms with Gasteiger partial charge < -0.3 is 9.84 Å². The van der Waals surface area contributed by atoms with Crippen LogP contribution in [0.25, 0.3) is 22.5 Å². The lowest BCUT2D eigenvalue weighted by Crippen LogP contribution is -2.44. The monoisotopic (exact) mass is 375 g/mol. The van der Waals surface area contributed by atoms with Gasteiger partial charge in [0, 0.05) is 31.2 Å². The van der Waals surface area contributed by atoms with E-state index >= 15 is 0 Å². The molecule has 1 aliphatic rings. The van der Waals surface area contributed by atoms with E-state index in [1.807, 2.05) is 35.1 Å². The molecule has 4 aromatic rings. The van der Waals surface area contributed by atoms with Gasteiger partial charge in [-0.05, 0) is 18.7 Å². The van der Waals surface area contributed by atoms with Crippen molar-refractivity contribution in [2.45, 2.75) is 12.6 Å². The van der Waals surface area contributed by atoms with Crippen LogP contribution >= 0.6 is 0 Å². The number of likely N-dealkylation sites (N-methyl/N-ethyl adjacent to an activating group) is 1. The number of benzene rings is 1. The van der Waals surface area contributed by atoms with Gasteiger partial charge in [-0.15, -0.1) is 0 Å². The van der Waals surface area contributed by atoms with Crippen molar-refractivity contribution in [3.8, 4) is 11.5 Å². The third-order valence-electron chi connectivity index (χ3n) is 5.15. The molecule has 0 amide bonds. The first-order valence-electron chi connectivity index (χ1n) is 9.38. The number of nitrogens with one attached hydrogen (secondary N) is 1. The van der Waals surface area contributed by atoms with Crippen molar-refractivity contribution in [3.05, 3.63) is 60.2 Å². The smallest absolute Gasteiger partial charge is 0.259 e. The maximum atomic E-state index is 5.52. The lowest BCUT2D eigenvalue weighted by Gasteiger charge is -2.30. The van der Waals surface area contributed by atoms with E-state index in [1.165, 1.54) is 5.56 Å². The number of aromatic nitrogens is 5. The van der Waals surface area contributed by atoms with Crippen LogP contribution in [0.3, 0.4) is 0 Å². The second-order valence-corrected chi connectivity index (χ2v) is 7.08. The fourth-order valence-electron chi connectivity index (χ4n) is 3.54. The Bertz CT molecular complexity index is 1090. The normalized spacial score (nSPS) is 18.0. The van der Waals surface area contributed by atoms with Crippen LogP contribution < -0.4 is 5.32 Å². The molecule has 1 aromatic carbocycles. The Morgan fingerprint density at radius 1 is 1.21 bits per heavy atom. The van der Waals surface area contributed by atoms with Gasteiger partial charge in [0.1, 0.15) is 0 Å². The second-order valence-electron chi connectivity index (χ2n) is 7.08. The van der Waals surface area contributed by atoms with Crippen molar-refractivity contribution >= 4 is 11.0 Å². The first-order valence-corrected chi connectivity index (χ1v) is 9.38. The molecule has 0 spiro atoms. The Labute approximate surface area is 162 Å². The van der Waals surface area contributed by atoms with Crippen LogP contribution in [-0.2, 0) is 6.54 Å². The largest absolute Gasteiger partial charge is 0.334 e. The van der Waals surface area contributed by atoms with Gasteiger partial charge in [-0.25, -0.2) is 9.67 Å². The molecule has 0 bridgehead atoms. The van der Waals surface area contributed by atoms with Crippen LogP contribution in [0.5, 0.6) is 0 Å². The average molecular weight is 375 g/mol. The molecule has 1 N–H and O–H groups in total. The van der Waals surface area contributed by atoms with Crippen LogP contribution in [0.4, 0.5) is 0 Å². The topological polar surface area (TPSA) is 84.9 Å². The van der Waals surface area contributed by atoms with Gasteiger partial charge in [-0.3, -0.25) is 4.90 Å². The summed E-state index contributed by atoms with van der Waals surface area (Å²) in [6.07, 6.45) is 3.59. The SMILES string of the molecule is CN1CCNCC1c1noc(-c2cnc3c(cnn3Cc3ccccc3)c2)n1. The highest BCUT2D eigenvalue weighted by atomic mass is 16.5. The van der Waals surface area contributed by atoms with Gasteiger partial charge in [-0.2, -0.15) is 10.1 Å². The summed E-state index contributed by atoms with van der Waals surface area (Å²) in [6, 6.07) is 12.3. The first kappa shape index (κ1) is 17.0. The van der Waals surface area contributed by atoms with Crippen molar-refractivity contribution in [3.63, 3.8) is 0 Å². The van der Waals surface area contributed by atoms with Crippen molar-refractivity contribution in [1.82, 2.24) is 35.1 Å². The highest BCUT2D eigenvalue weighted by molar-refractivity contribution is 5.79. The van der Waals surface area contributed by atoms with E-state index in [0.717, 1.165) is 36.2 Å². The van der Waals surface area contributed by atoms with Crippen molar-refractivity contribution in [2.24, 2.45) is 0 Å². The minimum absolute atomic E-state index is 0.122. The summed E-state index contributed by atoms with van der Waals surface area (Å²) in [4.78, 5) is 11.4. The highest BCUT2D eigenvalue weighted by Crippen LogP contribution is 2.24. The molecule has 5 rings (SSSR count). The molecule has 8 nitrogen and oxygen atoms in total. The van der Waals surface area contributed by atoms with Crippen LogP contribution in [0.2, 0.25) is 0 Å². The van der Waals surface area contributed by atoms with E-state index < -0.39 is 0 Å². The van der Waals surface area contributed by atoms with E-state index in [4.69, 9.17) is 4.52 Å². The summed E-state index contributed by atoms with van der Waals surface area (Å²) < 4.78 is 7.42. The van der Waals surface area contributed by atoms with Gasteiger partial charge in [0.05, 0.1) is 24.3 Å². The van der Waals surface area contributed by atoms with E-state index in [-0.39, 0.29) is 6.04 Å². The van der Waals surface area contributed by atoms with E-state index in [0.29, 0.717) is 18.3 Å². The number of rotatable bonds is 4. The molecule has 0 aliphatic carbocycles. The molecule has 142 valence electrons. The molecule has 3 aromatic heterocycles. The number of piperazine rings is 1. The summed E-state index contributed by atoms with van der Waals surface area (Å²) in [5.41, 5.74) is 2.82. The third-order valence-corrected chi connectivity index (χ3v) is 5.15. The van der Waals surface area contributed by atoms with Crippen molar-refractivity contribution in [2.75, 3.05) is 26.7 Å². The van der Waals surface area contributed by atoms with Gasteiger partial charge >= 0.3 is 0 Å². The summed E-state index contributed by atoms with van der Waals surface area (Å²) in [7, 11) is 2.08. The zero-order chi connectivity index (χ0) is 18.9. The van der Waals surface area contributed by atoms with Gasteiger partial charge in [0.2, 0.25) is 0 Å². The Kier molecular flexibility index (Phi) is 4.34. The minimum atomic E-state index is 0.122. The molecular formula is C20H21N7O. The third kappa shape index (κ3) is 3.17. The predicted octanol–water partition coefficient (Wildman–Crippen LogP) is 2.11. The summed E-state index contributed by atoms with van der Waals surface area (Å²) in [5.74, 6) is 1.18. The van der Waals surface area contributed by atoms with Gasteiger partial charge in [0.15, 0.2) is 11.5 Å². The molecule has 4 heterocycles. The molecule has 1 saturated heterocycles. The fourth-order valence-corrected chi connectivity index (χ4v) is 3.54. The maximum absolute atomic E-state index is 5.52. The van der Waals surface area contributed by atoms with Gasteiger partial charge in [0.25, 0.3) is 5.89 Å². The summed E-state index contributed by atoms with van der Waals surface area (Å²) >= 11 is 0. The predicted molar refractivity (Wildman–Crippen MR) is 105 cm³/mol. The lowest BCUT2D eigenvalue weighted by molar-refractivity contribution is 0.190. The Morgan fingerprint density at radius 3 is 2.96 bits per heavy atom. The molecule has 28 heavy (non-hydrogen) atoms. The van der Waals surface area contributed by atoms with Crippen LogP contribution in [0, 0.1) is 0 Å². The fraction of sp³-hybridized carbons (Fsp3) is 0.300. The minimum Gasteiger partial charge on any atom is -0.334 e. The molecule has 1 atom stereocenters. The van der Waals surface area contributed by atoms with Crippen LogP contribution in [-0.4, -0.2) is 56.5 Å². The average Bonchev–Trinajstić information content (AvgIpc) is 3.37. The second kappa shape index (κ2) is 7.14.